The van der Waals surface area contributed by atoms with E-state index in [0.29, 0.717) is 12.1 Å². The molecule has 2 aromatic carbocycles. The molecule has 0 N–H and O–H groups in total. The van der Waals surface area contributed by atoms with Crippen molar-refractivity contribution in [2.75, 3.05) is 6.54 Å². The lowest BCUT2D eigenvalue weighted by atomic mass is 9.83. The Hall–Kier alpha value is -2.19. The van der Waals surface area contributed by atoms with Gasteiger partial charge >= 0.3 is 0 Å². The zero-order valence-corrected chi connectivity index (χ0v) is 13.4. The number of para-hydroxylation sites is 1. The van der Waals surface area contributed by atoms with Gasteiger partial charge in [0, 0.05) is 36.1 Å². The number of nitrogens with zero attached hydrogens (tertiary/aromatic N) is 2. The summed E-state index contributed by atoms with van der Waals surface area (Å²) < 4.78 is 0. The summed E-state index contributed by atoms with van der Waals surface area (Å²) in [7, 11) is 0. The first kappa shape index (κ1) is 13.3. The van der Waals surface area contributed by atoms with Gasteiger partial charge in [0.15, 0.2) is 0 Å². The lowest BCUT2D eigenvalue weighted by molar-refractivity contribution is 0.116. The second kappa shape index (κ2) is 4.90. The predicted molar refractivity (Wildman–Crippen MR) is 93.5 cm³/mol. The van der Waals surface area contributed by atoms with Gasteiger partial charge in [-0.3, -0.25) is 9.88 Å². The van der Waals surface area contributed by atoms with Crippen LogP contribution in [0.2, 0.25) is 0 Å². The number of rotatable bonds is 0. The summed E-state index contributed by atoms with van der Waals surface area (Å²) in [6.45, 7) is 3.49. The van der Waals surface area contributed by atoms with Crippen molar-refractivity contribution >= 4 is 10.9 Å². The van der Waals surface area contributed by atoms with Crippen molar-refractivity contribution in [3.63, 3.8) is 0 Å². The van der Waals surface area contributed by atoms with Crippen molar-refractivity contribution in [2.24, 2.45) is 0 Å². The fraction of sp³-hybridized carbons (Fsp3) is 0.286. The van der Waals surface area contributed by atoms with Gasteiger partial charge in [0.25, 0.3) is 0 Å². The molecule has 2 atom stereocenters. The Bertz CT molecular complexity index is 899. The summed E-state index contributed by atoms with van der Waals surface area (Å²) in [5, 5.41) is 1.26. The molecule has 114 valence electrons. The molecule has 0 fully saturated rings. The molecule has 3 heterocycles. The summed E-state index contributed by atoms with van der Waals surface area (Å²) in [4.78, 5) is 7.67. The lowest BCUT2D eigenvalue weighted by Crippen LogP contribution is -2.42. The first-order valence-corrected chi connectivity index (χ1v) is 8.53. The van der Waals surface area contributed by atoms with Crippen LogP contribution >= 0.6 is 0 Å². The van der Waals surface area contributed by atoms with E-state index in [2.05, 4.69) is 66.4 Å². The highest BCUT2D eigenvalue weighted by molar-refractivity contribution is 5.79. The van der Waals surface area contributed by atoms with Crippen LogP contribution in [0.4, 0.5) is 0 Å². The third-order valence-corrected chi connectivity index (χ3v) is 5.62. The van der Waals surface area contributed by atoms with E-state index in [1.807, 2.05) is 0 Å². The maximum atomic E-state index is 5.00. The molecule has 2 nitrogen and oxygen atoms in total. The summed E-state index contributed by atoms with van der Waals surface area (Å²) in [6, 6.07) is 20.7. The van der Waals surface area contributed by atoms with Gasteiger partial charge in [-0.25, -0.2) is 0 Å². The number of hydrogen-bond donors (Lipinski definition) is 0. The Morgan fingerprint density at radius 2 is 1.83 bits per heavy atom. The Balaban J connectivity index is 1.67. The van der Waals surface area contributed by atoms with E-state index < -0.39 is 0 Å². The van der Waals surface area contributed by atoms with Crippen LogP contribution in [0.25, 0.3) is 10.9 Å². The van der Waals surface area contributed by atoms with E-state index in [0.717, 1.165) is 24.9 Å². The van der Waals surface area contributed by atoms with Crippen molar-refractivity contribution in [3.05, 3.63) is 77.0 Å². The van der Waals surface area contributed by atoms with Crippen LogP contribution in [-0.2, 0) is 12.8 Å². The van der Waals surface area contributed by atoms with Crippen molar-refractivity contribution in [3.8, 4) is 0 Å². The maximum absolute atomic E-state index is 5.00. The summed E-state index contributed by atoms with van der Waals surface area (Å²) >= 11 is 0. The fourth-order valence-corrected chi connectivity index (χ4v) is 4.42. The molecule has 2 aliphatic rings. The number of pyridine rings is 1. The highest BCUT2D eigenvalue weighted by Gasteiger charge is 2.36. The number of benzene rings is 2. The predicted octanol–water partition coefficient (Wildman–Crippen LogP) is 4.45. The van der Waals surface area contributed by atoms with Crippen LogP contribution in [-0.4, -0.2) is 16.4 Å². The molecule has 0 aliphatic carbocycles. The molecule has 0 bridgehead atoms. The molecule has 1 aromatic heterocycles. The number of fused-ring (bicyclic) bond motifs is 5. The van der Waals surface area contributed by atoms with Gasteiger partial charge in [-0.1, -0.05) is 42.5 Å². The normalized spacial score (nSPS) is 23.2. The zero-order chi connectivity index (χ0) is 15.4. The minimum absolute atomic E-state index is 0.439. The fourth-order valence-electron chi connectivity index (χ4n) is 4.42. The smallest absolute Gasteiger partial charge is 0.0705 e. The van der Waals surface area contributed by atoms with Crippen LogP contribution in [0.3, 0.4) is 0 Å². The van der Waals surface area contributed by atoms with E-state index in [-0.39, 0.29) is 0 Å². The second-order valence-corrected chi connectivity index (χ2v) is 6.80. The molecule has 2 heteroatoms. The summed E-state index contributed by atoms with van der Waals surface area (Å²) in [6.07, 6.45) is 2.19. The van der Waals surface area contributed by atoms with Crippen LogP contribution in [0.1, 0.15) is 41.4 Å². The Morgan fingerprint density at radius 1 is 1.00 bits per heavy atom. The summed E-state index contributed by atoms with van der Waals surface area (Å²) in [5.74, 6) is 0. The van der Waals surface area contributed by atoms with Gasteiger partial charge in [-0.2, -0.15) is 0 Å². The maximum Gasteiger partial charge on any atom is 0.0705 e. The molecule has 0 radical (unpaired) electrons. The van der Waals surface area contributed by atoms with E-state index >= 15 is 0 Å². The van der Waals surface area contributed by atoms with Gasteiger partial charge in [0.05, 0.1) is 5.52 Å². The van der Waals surface area contributed by atoms with Gasteiger partial charge in [-0.05, 0) is 42.2 Å². The molecule has 2 aliphatic heterocycles. The zero-order valence-electron chi connectivity index (χ0n) is 13.4. The number of hydrogen-bond acceptors (Lipinski definition) is 2. The van der Waals surface area contributed by atoms with Gasteiger partial charge in [0.1, 0.15) is 0 Å². The van der Waals surface area contributed by atoms with Crippen LogP contribution in [0.15, 0.2) is 54.6 Å². The van der Waals surface area contributed by atoms with E-state index in [4.69, 9.17) is 4.98 Å². The first-order chi connectivity index (χ1) is 11.3. The molecule has 5 rings (SSSR count). The standard InChI is InChI=1S/C21H20N2/c1-14-18-12-16-7-3-5-9-19(16)22-20(18)13-21-17-8-4-2-6-15(17)10-11-23(14)21/h2-9,12,14,21H,10-11,13H2,1H3/t14-,21+/m1/s1. The highest BCUT2D eigenvalue weighted by atomic mass is 15.2. The van der Waals surface area contributed by atoms with E-state index in [9.17, 15) is 0 Å². The van der Waals surface area contributed by atoms with E-state index in [1.165, 1.54) is 27.8 Å². The Kier molecular flexibility index (Phi) is 2.83. The topological polar surface area (TPSA) is 16.1 Å². The molecule has 0 saturated carbocycles. The van der Waals surface area contributed by atoms with Gasteiger partial charge < -0.3 is 0 Å². The Morgan fingerprint density at radius 3 is 2.78 bits per heavy atom. The molecule has 23 heavy (non-hydrogen) atoms. The molecule has 0 amide bonds. The van der Waals surface area contributed by atoms with Gasteiger partial charge in [0.2, 0.25) is 0 Å². The van der Waals surface area contributed by atoms with Crippen molar-refractivity contribution in [1.29, 1.82) is 0 Å². The van der Waals surface area contributed by atoms with Crippen LogP contribution < -0.4 is 0 Å². The molecule has 0 unspecified atom stereocenters. The Labute approximate surface area is 136 Å². The van der Waals surface area contributed by atoms with Gasteiger partial charge in [-0.15, -0.1) is 0 Å². The lowest BCUT2D eigenvalue weighted by Gasteiger charge is -2.45. The SMILES string of the molecule is C[C@@H]1c2cc3ccccc3nc2C[C@H]2c3ccccc3CCN12. The second-order valence-electron chi connectivity index (χ2n) is 6.80. The third kappa shape index (κ3) is 1.95. The largest absolute Gasteiger partial charge is 0.289 e. The average molecular weight is 300 g/mol. The van der Waals surface area contributed by atoms with Crippen molar-refractivity contribution in [1.82, 2.24) is 9.88 Å². The van der Waals surface area contributed by atoms with Crippen LogP contribution in [0.5, 0.6) is 0 Å². The average Bonchev–Trinajstić information content (AvgIpc) is 2.60. The molecular formula is C21H20N2. The van der Waals surface area contributed by atoms with Crippen LogP contribution in [0, 0.1) is 0 Å². The third-order valence-electron chi connectivity index (χ3n) is 5.62. The molecule has 0 saturated heterocycles. The first-order valence-electron chi connectivity index (χ1n) is 8.53. The van der Waals surface area contributed by atoms with Crippen molar-refractivity contribution < 1.29 is 0 Å². The number of aromatic nitrogens is 1. The summed E-state index contributed by atoms with van der Waals surface area (Å²) in [5.41, 5.74) is 6.85. The quantitative estimate of drug-likeness (QED) is 0.609. The molecule has 0 spiro atoms. The minimum atomic E-state index is 0.439. The molecular weight excluding hydrogens is 280 g/mol. The molecule has 3 aromatic rings. The highest BCUT2D eigenvalue weighted by Crippen LogP contribution is 2.43. The van der Waals surface area contributed by atoms with E-state index in [1.54, 1.807) is 0 Å². The van der Waals surface area contributed by atoms with Crippen molar-refractivity contribution in [2.45, 2.75) is 31.8 Å². The monoisotopic (exact) mass is 300 g/mol. The minimum Gasteiger partial charge on any atom is -0.289 e.